The van der Waals surface area contributed by atoms with Gasteiger partial charge in [0.2, 0.25) is 5.91 Å². The highest BCUT2D eigenvalue weighted by atomic mass is 32.2. The summed E-state index contributed by atoms with van der Waals surface area (Å²) in [6.45, 7) is 7.89. The lowest BCUT2D eigenvalue weighted by atomic mass is 9.93. The van der Waals surface area contributed by atoms with Crippen LogP contribution >= 0.6 is 11.8 Å². The average molecular weight is 284 g/mol. The first-order valence-electron chi connectivity index (χ1n) is 7.60. The highest BCUT2D eigenvalue weighted by Gasteiger charge is 2.30. The molecule has 2 heterocycles. The van der Waals surface area contributed by atoms with E-state index in [1.54, 1.807) is 0 Å². The van der Waals surface area contributed by atoms with E-state index in [-0.39, 0.29) is 5.41 Å². The summed E-state index contributed by atoms with van der Waals surface area (Å²) in [5.74, 6) is 2.90. The quantitative estimate of drug-likeness (QED) is 0.845. The standard InChI is InChI=1S/C15H28N2OS/c1-15(2,3)14(18)17-8-6-12(7-9-17)16-13-5-4-10-19-11-13/h12-13,16H,4-11H2,1-3H3. The van der Waals surface area contributed by atoms with Crippen molar-refractivity contribution in [1.29, 1.82) is 0 Å². The van der Waals surface area contributed by atoms with Gasteiger partial charge in [0.05, 0.1) is 0 Å². The van der Waals surface area contributed by atoms with E-state index in [1.807, 2.05) is 25.7 Å². The van der Waals surface area contributed by atoms with E-state index in [1.165, 1.54) is 24.3 Å². The van der Waals surface area contributed by atoms with Crippen molar-refractivity contribution in [2.24, 2.45) is 5.41 Å². The Bertz CT molecular complexity index is 300. The van der Waals surface area contributed by atoms with Crippen molar-refractivity contribution in [2.45, 2.75) is 58.5 Å². The Morgan fingerprint density at radius 2 is 1.84 bits per heavy atom. The third kappa shape index (κ3) is 4.38. The van der Waals surface area contributed by atoms with Crippen molar-refractivity contribution in [3.63, 3.8) is 0 Å². The number of likely N-dealkylation sites (tertiary alicyclic amines) is 1. The molecule has 4 heteroatoms. The number of amides is 1. The monoisotopic (exact) mass is 284 g/mol. The molecule has 2 saturated heterocycles. The number of rotatable bonds is 2. The highest BCUT2D eigenvalue weighted by Crippen LogP contribution is 2.22. The number of carbonyl (C=O) groups is 1. The molecule has 2 aliphatic heterocycles. The van der Waals surface area contributed by atoms with E-state index < -0.39 is 0 Å². The van der Waals surface area contributed by atoms with Crippen molar-refractivity contribution in [3.05, 3.63) is 0 Å². The highest BCUT2D eigenvalue weighted by molar-refractivity contribution is 7.99. The van der Waals surface area contributed by atoms with Crippen LogP contribution in [0.4, 0.5) is 0 Å². The number of thioether (sulfide) groups is 1. The maximum absolute atomic E-state index is 12.2. The lowest BCUT2D eigenvalue weighted by Gasteiger charge is -2.37. The molecule has 2 fully saturated rings. The maximum atomic E-state index is 12.2. The molecule has 1 N–H and O–H groups in total. The third-order valence-corrected chi connectivity index (χ3v) is 5.27. The fourth-order valence-electron chi connectivity index (χ4n) is 2.93. The van der Waals surface area contributed by atoms with E-state index in [9.17, 15) is 4.79 Å². The van der Waals surface area contributed by atoms with Crippen LogP contribution in [0.1, 0.15) is 46.5 Å². The molecule has 0 aliphatic carbocycles. The molecule has 0 saturated carbocycles. The van der Waals surface area contributed by atoms with Crippen LogP contribution in [0.2, 0.25) is 0 Å². The molecular weight excluding hydrogens is 256 g/mol. The second kappa shape index (κ2) is 6.49. The van der Waals surface area contributed by atoms with E-state index in [0.29, 0.717) is 18.0 Å². The van der Waals surface area contributed by atoms with Gasteiger partial charge in [0.25, 0.3) is 0 Å². The summed E-state index contributed by atoms with van der Waals surface area (Å²) in [6.07, 6.45) is 4.91. The van der Waals surface area contributed by atoms with Crippen LogP contribution in [-0.4, -0.2) is 47.5 Å². The Morgan fingerprint density at radius 3 is 2.37 bits per heavy atom. The number of hydrogen-bond donors (Lipinski definition) is 1. The average Bonchev–Trinajstić information content (AvgIpc) is 2.39. The second-order valence-electron chi connectivity index (χ2n) is 6.90. The zero-order valence-electron chi connectivity index (χ0n) is 12.6. The molecule has 0 spiro atoms. The van der Waals surface area contributed by atoms with Gasteiger partial charge >= 0.3 is 0 Å². The van der Waals surface area contributed by atoms with Crippen LogP contribution in [0.15, 0.2) is 0 Å². The van der Waals surface area contributed by atoms with Gasteiger partial charge in [-0.15, -0.1) is 0 Å². The first-order chi connectivity index (χ1) is 8.97. The van der Waals surface area contributed by atoms with E-state index in [4.69, 9.17) is 0 Å². The van der Waals surface area contributed by atoms with Gasteiger partial charge in [-0.25, -0.2) is 0 Å². The molecule has 2 rings (SSSR count). The van der Waals surface area contributed by atoms with Crippen molar-refractivity contribution in [3.8, 4) is 0 Å². The van der Waals surface area contributed by atoms with Gasteiger partial charge in [0.15, 0.2) is 0 Å². The molecule has 110 valence electrons. The van der Waals surface area contributed by atoms with Crippen LogP contribution in [0.25, 0.3) is 0 Å². The van der Waals surface area contributed by atoms with Crippen LogP contribution in [-0.2, 0) is 4.79 Å². The lowest BCUT2D eigenvalue weighted by molar-refractivity contribution is -0.140. The molecule has 3 nitrogen and oxygen atoms in total. The van der Waals surface area contributed by atoms with Crippen molar-refractivity contribution in [1.82, 2.24) is 10.2 Å². The summed E-state index contributed by atoms with van der Waals surface area (Å²) in [4.78, 5) is 14.3. The summed E-state index contributed by atoms with van der Waals surface area (Å²) in [5.41, 5.74) is -0.236. The minimum atomic E-state index is -0.236. The molecule has 0 aromatic rings. The van der Waals surface area contributed by atoms with Gasteiger partial charge in [0, 0.05) is 36.3 Å². The Morgan fingerprint density at radius 1 is 1.16 bits per heavy atom. The fourth-order valence-corrected chi connectivity index (χ4v) is 4.01. The normalized spacial score (nSPS) is 26.5. The van der Waals surface area contributed by atoms with Gasteiger partial charge in [-0.2, -0.15) is 11.8 Å². The molecular formula is C15H28N2OS. The largest absolute Gasteiger partial charge is 0.342 e. The van der Waals surface area contributed by atoms with Crippen LogP contribution in [0.5, 0.6) is 0 Å². The summed E-state index contributed by atoms with van der Waals surface area (Å²) >= 11 is 2.07. The number of piperidine rings is 1. The molecule has 0 radical (unpaired) electrons. The molecule has 0 aromatic heterocycles. The molecule has 0 bridgehead atoms. The number of nitrogens with zero attached hydrogens (tertiary/aromatic N) is 1. The number of hydrogen-bond acceptors (Lipinski definition) is 3. The van der Waals surface area contributed by atoms with Gasteiger partial charge in [-0.05, 0) is 31.4 Å². The summed E-state index contributed by atoms with van der Waals surface area (Å²) in [5, 5.41) is 3.80. The first kappa shape index (κ1) is 15.2. The van der Waals surface area contributed by atoms with Crippen molar-refractivity contribution < 1.29 is 4.79 Å². The molecule has 1 amide bonds. The molecule has 19 heavy (non-hydrogen) atoms. The predicted octanol–water partition coefficient (Wildman–Crippen LogP) is 2.51. The molecule has 0 aromatic carbocycles. The molecule has 1 unspecified atom stereocenters. The summed E-state index contributed by atoms with van der Waals surface area (Å²) in [7, 11) is 0. The minimum absolute atomic E-state index is 0.236. The maximum Gasteiger partial charge on any atom is 0.227 e. The fraction of sp³-hybridized carbons (Fsp3) is 0.933. The number of nitrogens with one attached hydrogen (secondary N) is 1. The summed E-state index contributed by atoms with van der Waals surface area (Å²) in [6, 6.07) is 1.32. The lowest BCUT2D eigenvalue weighted by Crippen LogP contribution is -2.50. The second-order valence-corrected chi connectivity index (χ2v) is 8.05. The van der Waals surface area contributed by atoms with Gasteiger partial charge < -0.3 is 10.2 Å². The minimum Gasteiger partial charge on any atom is -0.342 e. The Balaban J connectivity index is 1.74. The van der Waals surface area contributed by atoms with E-state index >= 15 is 0 Å². The van der Waals surface area contributed by atoms with Gasteiger partial charge in [0.1, 0.15) is 0 Å². The topological polar surface area (TPSA) is 32.3 Å². The van der Waals surface area contributed by atoms with E-state index in [0.717, 1.165) is 25.9 Å². The molecule has 1 atom stereocenters. The van der Waals surface area contributed by atoms with Crippen LogP contribution in [0, 0.1) is 5.41 Å². The smallest absolute Gasteiger partial charge is 0.227 e. The number of carbonyl (C=O) groups excluding carboxylic acids is 1. The molecule has 2 aliphatic rings. The van der Waals surface area contributed by atoms with E-state index in [2.05, 4.69) is 17.1 Å². The van der Waals surface area contributed by atoms with Gasteiger partial charge in [-0.3, -0.25) is 4.79 Å². The Hall–Kier alpha value is -0.220. The SMILES string of the molecule is CC(C)(C)C(=O)N1CCC(NC2CCCSC2)CC1. The Kier molecular flexibility index (Phi) is 5.18. The third-order valence-electron chi connectivity index (χ3n) is 4.06. The van der Waals surface area contributed by atoms with Crippen molar-refractivity contribution >= 4 is 17.7 Å². The zero-order valence-corrected chi connectivity index (χ0v) is 13.4. The van der Waals surface area contributed by atoms with Gasteiger partial charge in [-0.1, -0.05) is 20.8 Å². The zero-order chi connectivity index (χ0) is 13.9. The van der Waals surface area contributed by atoms with Crippen LogP contribution < -0.4 is 5.32 Å². The first-order valence-corrected chi connectivity index (χ1v) is 8.75. The predicted molar refractivity (Wildman–Crippen MR) is 82.5 cm³/mol. The van der Waals surface area contributed by atoms with Crippen molar-refractivity contribution in [2.75, 3.05) is 24.6 Å². The van der Waals surface area contributed by atoms with Crippen LogP contribution in [0.3, 0.4) is 0 Å². The summed E-state index contributed by atoms with van der Waals surface area (Å²) < 4.78 is 0. The Labute approximate surface area is 121 Å².